The molecular weight excluding hydrogens is 256 g/mol. The fraction of sp³-hybridized carbons (Fsp3) is 0.733. The summed E-state index contributed by atoms with van der Waals surface area (Å²) in [6, 6.07) is 0. The van der Waals surface area contributed by atoms with Crippen molar-refractivity contribution in [1.82, 2.24) is 4.90 Å². The van der Waals surface area contributed by atoms with Crippen LogP contribution in [0.4, 0.5) is 5.69 Å². The second-order valence-corrected chi connectivity index (χ2v) is 6.01. The molecule has 0 spiro atoms. The van der Waals surface area contributed by atoms with E-state index in [0.29, 0.717) is 10.4 Å². The molecule has 1 aromatic rings. The van der Waals surface area contributed by atoms with E-state index in [9.17, 15) is 4.79 Å². The lowest BCUT2D eigenvalue weighted by atomic mass is 9.96. The van der Waals surface area contributed by atoms with E-state index in [1.54, 1.807) is 0 Å². The van der Waals surface area contributed by atoms with E-state index in [1.807, 2.05) is 7.05 Å². The summed E-state index contributed by atoms with van der Waals surface area (Å²) in [5, 5.41) is 0. The quantitative estimate of drug-likeness (QED) is 0.540. The molecule has 0 aliphatic rings. The predicted octanol–water partition coefficient (Wildman–Crippen LogP) is 2.94. The number of hydrogen-bond donors (Lipinski definition) is 0. The van der Waals surface area contributed by atoms with Crippen LogP contribution in [0.25, 0.3) is 0 Å². The van der Waals surface area contributed by atoms with Crippen molar-refractivity contribution in [3.05, 3.63) is 20.3 Å². The third-order valence-corrected chi connectivity index (χ3v) is 4.11. The van der Waals surface area contributed by atoms with E-state index in [1.165, 1.54) is 0 Å². The van der Waals surface area contributed by atoms with Crippen LogP contribution in [0.2, 0.25) is 0 Å². The zero-order valence-corrected chi connectivity index (χ0v) is 13.6. The maximum atomic E-state index is 11.9. The van der Waals surface area contributed by atoms with E-state index in [4.69, 9.17) is 12.2 Å². The molecule has 3 nitrogen and oxygen atoms in total. The molecule has 0 aliphatic heterocycles. The normalized spacial score (nSPS) is 11.7. The zero-order chi connectivity index (χ0) is 14.6. The largest absolute Gasteiger partial charge is 0.371 e. The molecule has 0 saturated carbocycles. The van der Waals surface area contributed by atoms with E-state index >= 15 is 0 Å². The highest BCUT2D eigenvalue weighted by Gasteiger charge is 2.22. The average Bonchev–Trinajstić information content (AvgIpc) is 2.38. The summed E-state index contributed by atoms with van der Waals surface area (Å²) >= 11 is 5.14. The fourth-order valence-electron chi connectivity index (χ4n) is 2.31. The standard InChI is InChI=1S/C15H26N2OS/c1-6-16(4)9-7-8-10-17(5)13-12(11(2)3)15(19)14(13)18/h11H,6-10H2,1-5H3. The molecule has 19 heavy (non-hydrogen) atoms. The Bertz CT molecular complexity index is 475. The van der Waals surface area contributed by atoms with Crippen LogP contribution in [-0.2, 0) is 0 Å². The zero-order valence-electron chi connectivity index (χ0n) is 12.8. The molecule has 4 heteroatoms. The highest BCUT2D eigenvalue weighted by atomic mass is 32.1. The molecule has 0 unspecified atom stereocenters. The van der Waals surface area contributed by atoms with Gasteiger partial charge in [0.05, 0.1) is 10.2 Å². The van der Waals surface area contributed by atoms with E-state index in [0.717, 1.165) is 43.7 Å². The summed E-state index contributed by atoms with van der Waals surface area (Å²) in [6.45, 7) is 9.49. The maximum Gasteiger partial charge on any atom is 0.220 e. The Morgan fingerprint density at radius 2 is 1.74 bits per heavy atom. The summed E-state index contributed by atoms with van der Waals surface area (Å²) in [6.07, 6.45) is 2.27. The monoisotopic (exact) mass is 282 g/mol. The number of hydrogen-bond acceptors (Lipinski definition) is 4. The minimum atomic E-state index is 0.0619. The van der Waals surface area contributed by atoms with Gasteiger partial charge < -0.3 is 9.80 Å². The number of nitrogens with zero attached hydrogens (tertiary/aromatic N) is 2. The summed E-state index contributed by atoms with van der Waals surface area (Å²) < 4.78 is 0.544. The Balaban J connectivity index is 2.51. The first-order chi connectivity index (χ1) is 8.90. The van der Waals surface area contributed by atoms with Crippen LogP contribution in [0.1, 0.15) is 45.1 Å². The third-order valence-electron chi connectivity index (χ3n) is 3.70. The molecule has 0 N–H and O–H groups in total. The molecule has 0 fully saturated rings. The van der Waals surface area contributed by atoms with Gasteiger partial charge in [0.2, 0.25) is 5.43 Å². The summed E-state index contributed by atoms with van der Waals surface area (Å²) in [5.41, 5.74) is 1.99. The van der Waals surface area contributed by atoms with Crippen molar-refractivity contribution in [1.29, 1.82) is 0 Å². The van der Waals surface area contributed by atoms with Crippen molar-refractivity contribution in [3.63, 3.8) is 0 Å². The average molecular weight is 282 g/mol. The van der Waals surface area contributed by atoms with Crippen molar-refractivity contribution in [2.24, 2.45) is 0 Å². The highest BCUT2D eigenvalue weighted by molar-refractivity contribution is 7.71. The molecule has 0 amide bonds. The summed E-state index contributed by atoms with van der Waals surface area (Å²) in [4.78, 5) is 16.2. The summed E-state index contributed by atoms with van der Waals surface area (Å²) in [5.74, 6) is 0.342. The van der Waals surface area contributed by atoms with Gasteiger partial charge in [0.25, 0.3) is 0 Å². The molecule has 1 rings (SSSR count). The van der Waals surface area contributed by atoms with E-state index < -0.39 is 0 Å². The predicted molar refractivity (Wildman–Crippen MR) is 85.7 cm³/mol. The molecule has 0 heterocycles. The second kappa shape index (κ2) is 7.15. The summed E-state index contributed by atoms with van der Waals surface area (Å²) in [7, 11) is 4.14. The number of unbranched alkanes of at least 4 members (excludes halogenated alkanes) is 1. The van der Waals surface area contributed by atoms with Crippen molar-refractivity contribution in [3.8, 4) is 0 Å². The molecule has 0 radical (unpaired) electrons. The molecule has 0 aromatic heterocycles. The first kappa shape index (κ1) is 16.3. The lowest BCUT2D eigenvalue weighted by molar-refractivity contribution is 0.344. The van der Waals surface area contributed by atoms with Crippen molar-refractivity contribution in [2.45, 2.75) is 39.5 Å². The van der Waals surface area contributed by atoms with E-state index in [-0.39, 0.29) is 5.43 Å². The molecule has 0 aliphatic carbocycles. The van der Waals surface area contributed by atoms with Gasteiger partial charge >= 0.3 is 0 Å². The lowest BCUT2D eigenvalue weighted by Gasteiger charge is -2.26. The molecule has 0 atom stereocenters. The van der Waals surface area contributed by atoms with Crippen LogP contribution in [0.5, 0.6) is 0 Å². The second-order valence-electron chi connectivity index (χ2n) is 5.60. The third kappa shape index (κ3) is 3.86. The van der Waals surface area contributed by atoms with Crippen molar-refractivity contribution >= 4 is 17.9 Å². The van der Waals surface area contributed by atoms with Crippen LogP contribution < -0.4 is 10.3 Å². The Kier molecular flexibility index (Phi) is 6.14. The molecule has 108 valence electrons. The Labute approximate surface area is 121 Å². The van der Waals surface area contributed by atoms with Crippen LogP contribution in [0, 0.1) is 4.51 Å². The van der Waals surface area contributed by atoms with Gasteiger partial charge in [-0.2, -0.15) is 0 Å². The van der Waals surface area contributed by atoms with Gasteiger partial charge in [-0.15, -0.1) is 0 Å². The van der Waals surface area contributed by atoms with Crippen molar-refractivity contribution in [2.75, 3.05) is 38.6 Å². The van der Waals surface area contributed by atoms with Crippen LogP contribution in [0.3, 0.4) is 0 Å². The van der Waals surface area contributed by atoms with Gasteiger partial charge in [0, 0.05) is 19.2 Å². The minimum absolute atomic E-state index is 0.0619. The smallest absolute Gasteiger partial charge is 0.220 e. The minimum Gasteiger partial charge on any atom is -0.371 e. The topological polar surface area (TPSA) is 23.6 Å². The Morgan fingerprint density at radius 3 is 2.26 bits per heavy atom. The Hall–Kier alpha value is -0.740. The molecule has 0 saturated heterocycles. The van der Waals surface area contributed by atoms with Gasteiger partial charge in [-0.3, -0.25) is 4.79 Å². The van der Waals surface area contributed by atoms with Gasteiger partial charge in [-0.25, -0.2) is 0 Å². The van der Waals surface area contributed by atoms with Gasteiger partial charge in [-0.05, 0) is 38.9 Å². The molecular formula is C15H26N2OS. The van der Waals surface area contributed by atoms with Crippen molar-refractivity contribution < 1.29 is 0 Å². The van der Waals surface area contributed by atoms with Gasteiger partial charge in [-0.1, -0.05) is 33.0 Å². The molecule has 0 bridgehead atoms. The molecule has 1 aromatic carbocycles. The SMILES string of the molecule is CCN(C)CCCCN(C)c1c(C(C)C)c(=S)c1=O. The van der Waals surface area contributed by atoms with Gasteiger partial charge in [0.1, 0.15) is 0 Å². The number of anilines is 1. The Morgan fingerprint density at radius 1 is 1.16 bits per heavy atom. The van der Waals surface area contributed by atoms with Crippen LogP contribution in [0.15, 0.2) is 4.79 Å². The van der Waals surface area contributed by atoms with Crippen LogP contribution >= 0.6 is 12.2 Å². The first-order valence-electron chi connectivity index (χ1n) is 7.13. The first-order valence-corrected chi connectivity index (χ1v) is 7.53. The number of rotatable bonds is 8. The highest BCUT2D eigenvalue weighted by Crippen LogP contribution is 2.28. The fourth-order valence-corrected chi connectivity index (χ4v) is 2.74. The van der Waals surface area contributed by atoms with Gasteiger partial charge in [0.15, 0.2) is 0 Å². The lowest BCUT2D eigenvalue weighted by Crippen LogP contribution is -2.31. The van der Waals surface area contributed by atoms with Crippen LogP contribution in [-0.4, -0.2) is 38.6 Å². The van der Waals surface area contributed by atoms with E-state index in [2.05, 4.69) is 37.6 Å². The maximum absolute atomic E-state index is 11.9.